The summed E-state index contributed by atoms with van der Waals surface area (Å²) in [5.74, 6) is -3.06. The first-order valence-corrected chi connectivity index (χ1v) is 6.36. The Labute approximate surface area is 120 Å². The van der Waals surface area contributed by atoms with Gasteiger partial charge in [-0.15, -0.1) is 0 Å². The Balaban J connectivity index is 4.79. The van der Waals surface area contributed by atoms with Crippen molar-refractivity contribution in [3.8, 4) is 0 Å². The summed E-state index contributed by atoms with van der Waals surface area (Å²) in [7, 11) is 0. The second-order valence-electron chi connectivity index (χ2n) is 4.10. The zero-order valence-corrected chi connectivity index (χ0v) is 11.7. The molecule has 7 N–H and O–H groups in total. The van der Waals surface area contributed by atoms with Crippen molar-refractivity contribution in [1.82, 2.24) is 10.6 Å². The lowest BCUT2D eigenvalue weighted by Gasteiger charge is -2.23. The minimum Gasteiger partial charge on any atom is -0.480 e. The van der Waals surface area contributed by atoms with Gasteiger partial charge < -0.3 is 31.7 Å². The van der Waals surface area contributed by atoms with Gasteiger partial charge in [0.2, 0.25) is 11.8 Å². The maximum absolute atomic E-state index is 11.8. The van der Waals surface area contributed by atoms with Crippen molar-refractivity contribution in [3.05, 3.63) is 0 Å². The lowest BCUT2D eigenvalue weighted by molar-refractivity contribution is -0.144. The van der Waals surface area contributed by atoms with Crippen molar-refractivity contribution >= 4 is 30.4 Å². The van der Waals surface area contributed by atoms with E-state index in [4.69, 9.17) is 15.9 Å². The van der Waals surface area contributed by atoms with Gasteiger partial charge in [-0.2, -0.15) is 12.6 Å². The first-order chi connectivity index (χ1) is 9.24. The van der Waals surface area contributed by atoms with Crippen molar-refractivity contribution in [3.63, 3.8) is 0 Å². The van der Waals surface area contributed by atoms with Gasteiger partial charge in [0.1, 0.15) is 12.1 Å². The number of nitrogens with two attached hydrogens (primary N) is 1. The van der Waals surface area contributed by atoms with Crippen LogP contribution in [-0.2, 0) is 14.4 Å². The number of carbonyl (C=O) groups excluding carboxylic acids is 2. The van der Waals surface area contributed by atoms with Gasteiger partial charge in [0.25, 0.3) is 0 Å². The highest BCUT2D eigenvalue weighted by Crippen LogP contribution is 1.97. The van der Waals surface area contributed by atoms with E-state index in [1.54, 1.807) is 0 Å². The van der Waals surface area contributed by atoms with Gasteiger partial charge in [0, 0.05) is 5.75 Å². The summed E-state index contributed by atoms with van der Waals surface area (Å²) in [5.41, 5.74) is 5.40. The smallest absolute Gasteiger partial charge is 0.328 e. The average molecular weight is 309 g/mol. The van der Waals surface area contributed by atoms with E-state index in [0.717, 1.165) is 0 Å². The Morgan fingerprint density at radius 2 is 1.80 bits per heavy atom. The molecule has 4 atom stereocenters. The Hall–Kier alpha value is -1.36. The number of carbonyl (C=O) groups is 3. The molecule has 9 nitrogen and oxygen atoms in total. The molecule has 0 spiro atoms. The lowest BCUT2D eigenvalue weighted by Crippen LogP contribution is -2.58. The Kier molecular flexibility index (Phi) is 8.15. The standard InChI is InChI=1S/C10H19N3O6S/c1-4(15)7(13-8(16)5(11)3-20)9(17)12-6(2-14)10(18)19/h4-7,14-15,20H,2-3,11H2,1H3,(H,12,17)(H,13,16)(H,18,19)/t4-,5+,6+,7+/m1/s1. The maximum atomic E-state index is 11.8. The molecule has 0 aromatic carbocycles. The molecule has 0 unspecified atom stereocenters. The highest BCUT2D eigenvalue weighted by atomic mass is 32.1. The lowest BCUT2D eigenvalue weighted by atomic mass is 10.1. The van der Waals surface area contributed by atoms with Crippen molar-refractivity contribution < 1.29 is 29.7 Å². The number of carboxylic acids is 1. The second kappa shape index (κ2) is 8.74. The summed E-state index contributed by atoms with van der Waals surface area (Å²) < 4.78 is 0. The molecule has 0 aliphatic rings. The van der Waals surface area contributed by atoms with Crippen LogP contribution in [0.1, 0.15) is 6.92 Å². The van der Waals surface area contributed by atoms with E-state index < -0.39 is 48.6 Å². The SMILES string of the molecule is C[C@@H](O)[C@H](NC(=O)[C@@H](N)CS)C(=O)N[C@@H](CO)C(=O)O. The molecular weight excluding hydrogens is 290 g/mol. The minimum atomic E-state index is -1.53. The summed E-state index contributed by atoms with van der Waals surface area (Å²) in [6, 6.07) is -3.89. The van der Waals surface area contributed by atoms with E-state index in [2.05, 4.69) is 17.9 Å². The fourth-order valence-corrected chi connectivity index (χ4v) is 1.36. The van der Waals surface area contributed by atoms with E-state index in [1.165, 1.54) is 6.92 Å². The van der Waals surface area contributed by atoms with Gasteiger partial charge >= 0.3 is 5.97 Å². The molecule has 0 radical (unpaired) electrons. The highest BCUT2D eigenvalue weighted by Gasteiger charge is 2.30. The van der Waals surface area contributed by atoms with Gasteiger partial charge in [-0.1, -0.05) is 0 Å². The van der Waals surface area contributed by atoms with Crippen molar-refractivity contribution in [2.75, 3.05) is 12.4 Å². The maximum Gasteiger partial charge on any atom is 0.328 e. The molecule has 116 valence electrons. The molecule has 0 saturated carbocycles. The zero-order valence-electron chi connectivity index (χ0n) is 10.8. The summed E-state index contributed by atoms with van der Waals surface area (Å²) in [5, 5.41) is 31.1. The first-order valence-electron chi connectivity index (χ1n) is 5.73. The van der Waals surface area contributed by atoms with Crippen molar-refractivity contribution in [1.29, 1.82) is 0 Å². The summed E-state index contributed by atoms with van der Waals surface area (Å²) in [4.78, 5) is 34.0. The van der Waals surface area contributed by atoms with Gasteiger partial charge in [-0.25, -0.2) is 4.79 Å². The van der Waals surface area contributed by atoms with Crippen LogP contribution in [0.3, 0.4) is 0 Å². The number of rotatable bonds is 8. The molecule has 0 aromatic rings. The normalized spacial score (nSPS) is 16.6. The number of nitrogens with one attached hydrogen (secondary N) is 2. The van der Waals surface area contributed by atoms with Gasteiger partial charge in [-0.05, 0) is 6.92 Å². The molecule has 2 amide bonds. The molecule has 0 fully saturated rings. The highest BCUT2D eigenvalue weighted by molar-refractivity contribution is 7.80. The molecular formula is C10H19N3O6S. The number of hydrogen-bond acceptors (Lipinski definition) is 7. The number of thiol groups is 1. The van der Waals surface area contributed by atoms with Crippen molar-refractivity contribution in [2.45, 2.75) is 31.2 Å². The van der Waals surface area contributed by atoms with Crippen LogP contribution in [0, 0.1) is 0 Å². The number of aliphatic carboxylic acids is 1. The Bertz CT molecular complexity index is 365. The van der Waals surface area contributed by atoms with Crippen LogP contribution >= 0.6 is 12.6 Å². The molecule has 10 heteroatoms. The van der Waals surface area contributed by atoms with Crippen molar-refractivity contribution in [2.24, 2.45) is 5.73 Å². The number of hydrogen-bond donors (Lipinski definition) is 7. The van der Waals surface area contributed by atoms with E-state index >= 15 is 0 Å². The monoisotopic (exact) mass is 309 g/mol. The van der Waals surface area contributed by atoms with E-state index in [9.17, 15) is 19.5 Å². The summed E-state index contributed by atoms with van der Waals surface area (Å²) >= 11 is 3.82. The summed E-state index contributed by atoms with van der Waals surface area (Å²) in [6.45, 7) is 0.420. The average Bonchev–Trinajstić information content (AvgIpc) is 2.39. The van der Waals surface area contributed by atoms with Crippen LogP contribution in [0.25, 0.3) is 0 Å². The fraction of sp³-hybridized carbons (Fsp3) is 0.700. The summed E-state index contributed by atoms with van der Waals surface area (Å²) in [6.07, 6.45) is -1.28. The second-order valence-corrected chi connectivity index (χ2v) is 4.46. The third-order valence-electron chi connectivity index (χ3n) is 2.39. The molecule has 0 bridgehead atoms. The van der Waals surface area contributed by atoms with Crippen LogP contribution in [0.5, 0.6) is 0 Å². The third-order valence-corrected chi connectivity index (χ3v) is 2.79. The van der Waals surface area contributed by atoms with Crippen LogP contribution in [0.15, 0.2) is 0 Å². The minimum absolute atomic E-state index is 0.0361. The zero-order chi connectivity index (χ0) is 15.9. The predicted molar refractivity (Wildman–Crippen MR) is 72.1 cm³/mol. The predicted octanol–water partition coefficient (Wildman–Crippen LogP) is -3.33. The topological polar surface area (TPSA) is 162 Å². The molecule has 0 aliphatic heterocycles. The van der Waals surface area contributed by atoms with Crippen LogP contribution in [0.4, 0.5) is 0 Å². The Morgan fingerprint density at radius 1 is 1.25 bits per heavy atom. The molecule has 0 heterocycles. The van der Waals surface area contributed by atoms with E-state index in [1.807, 2.05) is 5.32 Å². The van der Waals surface area contributed by atoms with Gasteiger partial charge in [0.15, 0.2) is 0 Å². The molecule has 0 saturated heterocycles. The quantitative estimate of drug-likeness (QED) is 0.231. The number of aliphatic hydroxyl groups excluding tert-OH is 2. The first kappa shape index (κ1) is 18.6. The van der Waals surface area contributed by atoms with E-state index in [-0.39, 0.29) is 5.75 Å². The van der Waals surface area contributed by atoms with Crippen LogP contribution in [-0.4, -0.2) is 69.7 Å². The van der Waals surface area contributed by atoms with Gasteiger partial charge in [0.05, 0.1) is 18.8 Å². The van der Waals surface area contributed by atoms with E-state index in [0.29, 0.717) is 0 Å². The number of aliphatic hydroxyl groups is 2. The number of carboxylic acid groups (broad SMARTS) is 1. The molecule has 0 rings (SSSR count). The Morgan fingerprint density at radius 3 is 2.15 bits per heavy atom. The van der Waals surface area contributed by atoms with Crippen LogP contribution in [0.2, 0.25) is 0 Å². The van der Waals surface area contributed by atoms with Gasteiger partial charge in [-0.3, -0.25) is 9.59 Å². The molecule has 0 aromatic heterocycles. The van der Waals surface area contributed by atoms with Crippen LogP contribution < -0.4 is 16.4 Å². The largest absolute Gasteiger partial charge is 0.480 e. The number of amides is 2. The third kappa shape index (κ3) is 5.74. The fourth-order valence-electron chi connectivity index (χ4n) is 1.20. The molecule has 20 heavy (non-hydrogen) atoms. The molecule has 0 aliphatic carbocycles.